The third-order valence-corrected chi connectivity index (χ3v) is 5.77. The van der Waals surface area contributed by atoms with Crippen LogP contribution >= 0.6 is 0 Å². The third kappa shape index (κ3) is 2.69. The van der Waals surface area contributed by atoms with Gasteiger partial charge >= 0.3 is 0 Å². The lowest BCUT2D eigenvalue weighted by Gasteiger charge is -2.19. The predicted molar refractivity (Wildman–Crippen MR) is 90.8 cm³/mol. The molecule has 25 heavy (non-hydrogen) atoms. The van der Waals surface area contributed by atoms with Crippen molar-refractivity contribution < 1.29 is 19.1 Å². The van der Waals surface area contributed by atoms with Crippen molar-refractivity contribution in [2.45, 2.75) is 26.2 Å². The summed E-state index contributed by atoms with van der Waals surface area (Å²) in [7, 11) is 0. The van der Waals surface area contributed by atoms with E-state index in [1.165, 1.54) is 4.90 Å². The van der Waals surface area contributed by atoms with Gasteiger partial charge in [0, 0.05) is 5.69 Å². The average molecular weight is 342 g/mol. The van der Waals surface area contributed by atoms with Gasteiger partial charge in [0.25, 0.3) is 0 Å². The Balaban J connectivity index is 1.39. The van der Waals surface area contributed by atoms with Crippen LogP contribution in [0.3, 0.4) is 0 Å². The Kier molecular flexibility index (Phi) is 3.98. The number of carbonyl (C=O) groups is 3. The Labute approximate surface area is 146 Å². The summed E-state index contributed by atoms with van der Waals surface area (Å²) in [5.41, 5.74) is 0.618. The van der Waals surface area contributed by atoms with Crippen molar-refractivity contribution in [2.75, 3.05) is 18.5 Å². The summed E-state index contributed by atoms with van der Waals surface area (Å²) in [5, 5.41) is 2.74. The van der Waals surface area contributed by atoms with Crippen molar-refractivity contribution in [3.8, 4) is 5.75 Å². The van der Waals surface area contributed by atoms with Crippen LogP contribution in [0.2, 0.25) is 0 Å². The number of hydrogen-bond donors (Lipinski definition) is 1. The zero-order chi connectivity index (χ0) is 17.6. The van der Waals surface area contributed by atoms with E-state index in [0.717, 1.165) is 25.0 Å². The molecule has 4 atom stereocenters. The SMILES string of the molecule is CCOc1ccc(NC(=O)CN2C(=O)[C@H]3[C@@H]4CC[C@@H](C4)[C@@H]3C2=O)cc1. The van der Waals surface area contributed by atoms with E-state index in [4.69, 9.17) is 4.74 Å². The van der Waals surface area contributed by atoms with Crippen LogP contribution in [0.15, 0.2) is 24.3 Å². The van der Waals surface area contributed by atoms with Gasteiger partial charge in [0.1, 0.15) is 12.3 Å². The zero-order valence-corrected chi connectivity index (χ0v) is 14.2. The fraction of sp³-hybridized carbons (Fsp3) is 0.526. The Hall–Kier alpha value is -2.37. The van der Waals surface area contributed by atoms with Gasteiger partial charge in [-0.3, -0.25) is 19.3 Å². The number of rotatable bonds is 5. The molecule has 1 aromatic carbocycles. The number of benzene rings is 1. The Morgan fingerprint density at radius 2 is 1.72 bits per heavy atom. The molecule has 3 amide bonds. The highest BCUT2D eigenvalue weighted by molar-refractivity contribution is 6.09. The van der Waals surface area contributed by atoms with Gasteiger partial charge in [-0.15, -0.1) is 0 Å². The second-order valence-electron chi connectivity index (χ2n) is 7.15. The van der Waals surface area contributed by atoms with Gasteiger partial charge in [-0.05, 0) is 62.3 Å². The number of likely N-dealkylation sites (tertiary alicyclic amines) is 1. The molecule has 2 saturated carbocycles. The van der Waals surface area contributed by atoms with Crippen molar-refractivity contribution in [2.24, 2.45) is 23.7 Å². The number of fused-ring (bicyclic) bond motifs is 5. The number of nitrogens with one attached hydrogen (secondary N) is 1. The van der Waals surface area contributed by atoms with E-state index in [1.54, 1.807) is 24.3 Å². The molecule has 1 saturated heterocycles. The quantitative estimate of drug-likeness (QED) is 0.831. The normalized spacial score (nSPS) is 29.9. The summed E-state index contributed by atoms with van der Waals surface area (Å²) in [6.07, 6.45) is 3.08. The average Bonchev–Trinajstić information content (AvgIpc) is 3.27. The molecule has 6 heteroatoms. The van der Waals surface area contributed by atoms with Gasteiger partial charge in [0.15, 0.2) is 0 Å². The van der Waals surface area contributed by atoms with E-state index in [9.17, 15) is 14.4 Å². The maximum Gasteiger partial charge on any atom is 0.244 e. The summed E-state index contributed by atoms with van der Waals surface area (Å²) in [4.78, 5) is 38.7. The van der Waals surface area contributed by atoms with Crippen molar-refractivity contribution in [1.82, 2.24) is 4.90 Å². The summed E-state index contributed by atoms with van der Waals surface area (Å²) >= 11 is 0. The molecule has 0 radical (unpaired) electrons. The summed E-state index contributed by atoms with van der Waals surface area (Å²) in [6, 6.07) is 7.03. The van der Waals surface area contributed by atoms with Crippen LogP contribution in [0.4, 0.5) is 5.69 Å². The second-order valence-corrected chi connectivity index (χ2v) is 7.15. The van der Waals surface area contributed by atoms with Crippen molar-refractivity contribution in [3.63, 3.8) is 0 Å². The lowest BCUT2D eigenvalue weighted by molar-refractivity contribution is -0.143. The molecule has 1 aromatic rings. The Morgan fingerprint density at radius 1 is 1.12 bits per heavy atom. The first-order chi connectivity index (χ1) is 12.1. The molecule has 3 aliphatic rings. The van der Waals surface area contributed by atoms with Gasteiger partial charge in [0.05, 0.1) is 18.4 Å². The van der Waals surface area contributed by atoms with E-state index < -0.39 is 0 Å². The molecule has 2 bridgehead atoms. The standard InChI is InChI=1S/C19H22N2O4/c1-2-25-14-7-5-13(6-8-14)20-15(22)10-21-18(23)16-11-3-4-12(9-11)17(16)19(21)24/h5-8,11-12,16-17H,2-4,9-10H2,1H3,(H,20,22)/t11-,12+,16-,17-/m0/s1. The van der Waals surface area contributed by atoms with E-state index in [-0.39, 0.29) is 36.1 Å². The van der Waals surface area contributed by atoms with Crippen molar-refractivity contribution in [1.29, 1.82) is 0 Å². The minimum atomic E-state index is -0.349. The number of anilines is 1. The molecule has 132 valence electrons. The highest BCUT2D eigenvalue weighted by Crippen LogP contribution is 2.56. The maximum atomic E-state index is 12.6. The molecule has 2 aliphatic carbocycles. The summed E-state index contributed by atoms with van der Waals surface area (Å²) in [6.45, 7) is 2.29. The van der Waals surface area contributed by atoms with Gasteiger partial charge in [0.2, 0.25) is 17.7 Å². The molecule has 3 fully saturated rings. The third-order valence-electron chi connectivity index (χ3n) is 5.77. The lowest BCUT2D eigenvalue weighted by atomic mass is 9.81. The number of imide groups is 1. The van der Waals surface area contributed by atoms with Gasteiger partial charge in [-0.2, -0.15) is 0 Å². The first-order valence-electron chi connectivity index (χ1n) is 8.96. The number of ether oxygens (including phenoxy) is 1. The molecule has 0 aromatic heterocycles. The predicted octanol–water partition coefficient (Wildman–Crippen LogP) is 2.05. The molecule has 6 nitrogen and oxygen atoms in total. The van der Waals surface area contributed by atoms with E-state index in [2.05, 4.69) is 5.32 Å². The van der Waals surface area contributed by atoms with Crippen LogP contribution in [0.5, 0.6) is 5.75 Å². The maximum absolute atomic E-state index is 12.6. The molecule has 1 heterocycles. The number of hydrogen-bond acceptors (Lipinski definition) is 4. The molecule has 0 unspecified atom stereocenters. The summed E-state index contributed by atoms with van der Waals surface area (Å²) < 4.78 is 5.36. The molecule has 4 rings (SSSR count). The fourth-order valence-electron chi connectivity index (χ4n) is 4.77. The van der Waals surface area contributed by atoms with E-state index in [1.807, 2.05) is 6.92 Å². The second kappa shape index (κ2) is 6.17. The number of amides is 3. The smallest absolute Gasteiger partial charge is 0.244 e. The van der Waals surface area contributed by atoms with Crippen molar-refractivity contribution in [3.05, 3.63) is 24.3 Å². The zero-order valence-electron chi connectivity index (χ0n) is 14.2. The molecule has 1 aliphatic heterocycles. The minimum Gasteiger partial charge on any atom is -0.494 e. The molecule has 0 spiro atoms. The Morgan fingerprint density at radius 3 is 2.28 bits per heavy atom. The van der Waals surface area contributed by atoms with Gasteiger partial charge in [-0.25, -0.2) is 0 Å². The van der Waals surface area contributed by atoms with Gasteiger partial charge < -0.3 is 10.1 Å². The largest absolute Gasteiger partial charge is 0.494 e. The number of nitrogens with zero attached hydrogens (tertiary/aromatic N) is 1. The van der Waals surface area contributed by atoms with Crippen LogP contribution in [-0.2, 0) is 14.4 Å². The first kappa shape index (κ1) is 16.1. The van der Waals surface area contributed by atoms with Crippen LogP contribution in [-0.4, -0.2) is 35.8 Å². The summed E-state index contributed by atoms with van der Waals surface area (Å²) in [5.74, 6) is 0.408. The first-order valence-corrected chi connectivity index (χ1v) is 8.96. The minimum absolute atomic E-state index is 0.149. The highest BCUT2D eigenvalue weighted by Gasteiger charge is 2.60. The number of carbonyl (C=O) groups excluding carboxylic acids is 3. The van der Waals surface area contributed by atoms with Crippen LogP contribution in [0.25, 0.3) is 0 Å². The molecular formula is C19H22N2O4. The topological polar surface area (TPSA) is 75.7 Å². The van der Waals surface area contributed by atoms with Gasteiger partial charge in [-0.1, -0.05) is 0 Å². The van der Waals surface area contributed by atoms with E-state index >= 15 is 0 Å². The van der Waals surface area contributed by atoms with Crippen LogP contribution in [0.1, 0.15) is 26.2 Å². The fourth-order valence-corrected chi connectivity index (χ4v) is 4.77. The van der Waals surface area contributed by atoms with Crippen molar-refractivity contribution >= 4 is 23.4 Å². The molecular weight excluding hydrogens is 320 g/mol. The van der Waals surface area contributed by atoms with E-state index in [0.29, 0.717) is 24.1 Å². The van der Waals surface area contributed by atoms with Crippen LogP contribution < -0.4 is 10.1 Å². The highest BCUT2D eigenvalue weighted by atomic mass is 16.5. The molecule has 1 N–H and O–H groups in total. The Bertz CT molecular complexity index is 687. The lowest BCUT2D eigenvalue weighted by Crippen LogP contribution is -2.39. The van der Waals surface area contributed by atoms with Crippen LogP contribution in [0, 0.1) is 23.7 Å². The monoisotopic (exact) mass is 342 g/mol.